The van der Waals surface area contributed by atoms with Crippen molar-refractivity contribution in [2.24, 2.45) is 5.73 Å². The van der Waals surface area contributed by atoms with Gasteiger partial charge in [-0.15, -0.1) is 11.3 Å². The topological polar surface area (TPSA) is 48.1 Å². The van der Waals surface area contributed by atoms with Crippen molar-refractivity contribution in [2.75, 3.05) is 7.11 Å². The molecule has 0 atom stereocenters. The highest BCUT2D eigenvalue weighted by Crippen LogP contribution is 2.34. The van der Waals surface area contributed by atoms with Gasteiger partial charge in [0.15, 0.2) is 0 Å². The average molecular weight is 262 g/mol. The van der Waals surface area contributed by atoms with E-state index in [-0.39, 0.29) is 0 Å². The van der Waals surface area contributed by atoms with Crippen LogP contribution in [0.4, 0.5) is 0 Å². The van der Waals surface area contributed by atoms with Crippen LogP contribution in [0.15, 0.2) is 23.6 Å². The van der Waals surface area contributed by atoms with Crippen LogP contribution in [0.5, 0.6) is 5.75 Å². The number of thiazole rings is 1. The second-order valence-electron chi connectivity index (χ2n) is 4.46. The molecule has 0 fully saturated rings. The number of nitrogens with zero attached hydrogens (tertiary/aromatic N) is 1. The van der Waals surface area contributed by atoms with E-state index in [0.717, 1.165) is 22.0 Å². The summed E-state index contributed by atoms with van der Waals surface area (Å²) in [6.45, 7) is 4.82. The van der Waals surface area contributed by atoms with Crippen LogP contribution in [0.25, 0.3) is 10.6 Å². The minimum absolute atomic E-state index is 0.475. The van der Waals surface area contributed by atoms with Gasteiger partial charge in [-0.25, -0.2) is 4.98 Å². The summed E-state index contributed by atoms with van der Waals surface area (Å²) in [4.78, 5) is 4.50. The Balaban J connectivity index is 2.44. The lowest BCUT2D eigenvalue weighted by atomic mass is 10.0. The molecule has 4 heteroatoms. The Kier molecular flexibility index (Phi) is 3.99. The number of hydrogen-bond donors (Lipinski definition) is 1. The van der Waals surface area contributed by atoms with Gasteiger partial charge in [0.2, 0.25) is 0 Å². The molecule has 1 aromatic carbocycles. The Morgan fingerprint density at radius 2 is 2.17 bits per heavy atom. The summed E-state index contributed by atoms with van der Waals surface area (Å²) >= 11 is 1.60. The monoisotopic (exact) mass is 262 g/mol. The molecule has 0 saturated heterocycles. The minimum Gasteiger partial charge on any atom is -0.496 e. The van der Waals surface area contributed by atoms with E-state index in [2.05, 4.69) is 37.0 Å². The maximum atomic E-state index is 5.59. The van der Waals surface area contributed by atoms with E-state index in [1.165, 1.54) is 5.56 Å². The first-order valence-electron chi connectivity index (χ1n) is 5.98. The molecular formula is C14H18N2OS. The maximum Gasteiger partial charge on any atom is 0.129 e. The zero-order valence-corrected chi connectivity index (χ0v) is 11.8. The lowest BCUT2D eigenvalue weighted by Gasteiger charge is -2.11. The number of hydrogen-bond acceptors (Lipinski definition) is 4. The van der Waals surface area contributed by atoms with Gasteiger partial charge in [0, 0.05) is 11.9 Å². The third-order valence-electron chi connectivity index (χ3n) is 2.88. The van der Waals surface area contributed by atoms with Gasteiger partial charge in [-0.2, -0.15) is 0 Å². The smallest absolute Gasteiger partial charge is 0.129 e. The quantitative estimate of drug-likeness (QED) is 0.918. The first-order valence-corrected chi connectivity index (χ1v) is 6.86. The molecule has 0 radical (unpaired) electrons. The van der Waals surface area contributed by atoms with E-state index in [1.807, 2.05) is 5.38 Å². The van der Waals surface area contributed by atoms with E-state index in [4.69, 9.17) is 10.5 Å². The molecule has 0 unspecified atom stereocenters. The minimum atomic E-state index is 0.475. The first-order chi connectivity index (χ1) is 8.65. The zero-order chi connectivity index (χ0) is 13.1. The fourth-order valence-corrected chi connectivity index (χ4v) is 2.63. The third-order valence-corrected chi connectivity index (χ3v) is 3.81. The molecule has 0 aliphatic rings. The molecule has 0 amide bonds. The maximum absolute atomic E-state index is 5.59. The molecule has 2 aromatic rings. The Labute approximate surface area is 112 Å². The Morgan fingerprint density at radius 3 is 2.72 bits per heavy atom. The zero-order valence-electron chi connectivity index (χ0n) is 10.9. The number of rotatable bonds is 4. The summed E-state index contributed by atoms with van der Waals surface area (Å²) in [5.41, 5.74) is 8.81. The number of aromatic nitrogens is 1. The second-order valence-corrected chi connectivity index (χ2v) is 5.32. The Morgan fingerprint density at radius 1 is 1.39 bits per heavy atom. The van der Waals surface area contributed by atoms with Crippen LogP contribution in [-0.2, 0) is 6.54 Å². The first kappa shape index (κ1) is 13.1. The normalized spacial score (nSPS) is 10.9. The molecule has 2 N–H and O–H groups in total. The summed E-state index contributed by atoms with van der Waals surface area (Å²) in [5, 5.41) is 2.95. The number of methoxy groups -OCH3 is 1. The largest absolute Gasteiger partial charge is 0.496 e. The summed E-state index contributed by atoms with van der Waals surface area (Å²) in [6, 6.07) is 6.29. The van der Waals surface area contributed by atoms with Crippen LogP contribution in [0.3, 0.4) is 0 Å². The van der Waals surface area contributed by atoms with E-state index in [1.54, 1.807) is 18.4 Å². The van der Waals surface area contributed by atoms with Gasteiger partial charge >= 0.3 is 0 Å². The fraction of sp³-hybridized carbons (Fsp3) is 0.357. The standard InChI is InChI=1S/C14H18N2OS/c1-9(2)10-4-5-12(13(6-10)17-3)14-16-11(7-15)8-18-14/h4-6,8-9H,7,15H2,1-3H3. The number of nitrogens with two attached hydrogens (primary N) is 1. The van der Waals surface area contributed by atoms with Gasteiger partial charge in [-0.1, -0.05) is 19.9 Å². The fourth-order valence-electron chi connectivity index (χ4n) is 1.77. The summed E-state index contributed by atoms with van der Waals surface area (Å²) in [7, 11) is 1.69. The third kappa shape index (κ3) is 2.54. The molecule has 0 bridgehead atoms. The number of ether oxygens (including phenoxy) is 1. The van der Waals surface area contributed by atoms with Crippen molar-refractivity contribution in [1.29, 1.82) is 0 Å². The molecule has 18 heavy (non-hydrogen) atoms. The van der Waals surface area contributed by atoms with Crippen LogP contribution in [0.1, 0.15) is 31.0 Å². The van der Waals surface area contributed by atoms with Crippen LogP contribution < -0.4 is 10.5 Å². The predicted octanol–water partition coefficient (Wildman–Crippen LogP) is 3.40. The molecule has 0 aliphatic carbocycles. The van der Waals surface area contributed by atoms with Gasteiger partial charge in [0.05, 0.1) is 18.4 Å². The molecule has 0 saturated carbocycles. The van der Waals surface area contributed by atoms with Crippen LogP contribution in [0.2, 0.25) is 0 Å². The van der Waals surface area contributed by atoms with Gasteiger partial charge in [-0.3, -0.25) is 0 Å². The van der Waals surface area contributed by atoms with Crippen molar-refractivity contribution in [3.8, 4) is 16.3 Å². The lowest BCUT2D eigenvalue weighted by Crippen LogP contribution is -1.96. The van der Waals surface area contributed by atoms with Crippen molar-refractivity contribution in [3.05, 3.63) is 34.8 Å². The van der Waals surface area contributed by atoms with E-state index in [0.29, 0.717) is 12.5 Å². The molecule has 3 nitrogen and oxygen atoms in total. The molecule has 96 valence electrons. The summed E-state index contributed by atoms with van der Waals surface area (Å²) < 4.78 is 5.47. The highest BCUT2D eigenvalue weighted by Gasteiger charge is 2.11. The average Bonchev–Trinajstić information content (AvgIpc) is 2.86. The van der Waals surface area contributed by atoms with Crippen molar-refractivity contribution in [3.63, 3.8) is 0 Å². The SMILES string of the molecule is COc1cc(C(C)C)ccc1-c1nc(CN)cs1. The molecular weight excluding hydrogens is 244 g/mol. The van der Waals surface area contributed by atoms with Crippen molar-refractivity contribution in [2.45, 2.75) is 26.3 Å². The molecule has 1 aromatic heterocycles. The summed E-state index contributed by atoms with van der Waals surface area (Å²) in [6.07, 6.45) is 0. The second kappa shape index (κ2) is 5.50. The van der Waals surface area contributed by atoms with Gasteiger partial charge < -0.3 is 10.5 Å². The molecule has 0 aliphatic heterocycles. The van der Waals surface area contributed by atoms with Crippen LogP contribution >= 0.6 is 11.3 Å². The Bertz CT molecular complexity index is 534. The molecule has 2 rings (SSSR count). The van der Waals surface area contributed by atoms with Gasteiger partial charge in [-0.05, 0) is 23.6 Å². The Hall–Kier alpha value is -1.39. The van der Waals surface area contributed by atoms with Crippen LogP contribution in [-0.4, -0.2) is 12.1 Å². The lowest BCUT2D eigenvalue weighted by molar-refractivity contribution is 0.415. The van der Waals surface area contributed by atoms with Crippen molar-refractivity contribution >= 4 is 11.3 Å². The van der Waals surface area contributed by atoms with Crippen molar-refractivity contribution < 1.29 is 4.74 Å². The molecule has 0 spiro atoms. The highest BCUT2D eigenvalue weighted by atomic mass is 32.1. The number of benzene rings is 1. The van der Waals surface area contributed by atoms with E-state index in [9.17, 15) is 0 Å². The van der Waals surface area contributed by atoms with E-state index < -0.39 is 0 Å². The highest BCUT2D eigenvalue weighted by molar-refractivity contribution is 7.13. The van der Waals surface area contributed by atoms with Crippen molar-refractivity contribution in [1.82, 2.24) is 4.98 Å². The van der Waals surface area contributed by atoms with Gasteiger partial charge in [0.1, 0.15) is 10.8 Å². The summed E-state index contributed by atoms with van der Waals surface area (Å²) in [5.74, 6) is 1.36. The van der Waals surface area contributed by atoms with Crippen LogP contribution in [0, 0.1) is 0 Å². The van der Waals surface area contributed by atoms with Gasteiger partial charge in [0.25, 0.3) is 0 Å². The van der Waals surface area contributed by atoms with E-state index >= 15 is 0 Å². The predicted molar refractivity (Wildman–Crippen MR) is 76.1 cm³/mol. The molecule has 1 heterocycles.